The van der Waals surface area contributed by atoms with E-state index in [1.165, 1.54) is 14.2 Å². The summed E-state index contributed by atoms with van der Waals surface area (Å²) >= 11 is 0. The van der Waals surface area contributed by atoms with Gasteiger partial charge in [-0.25, -0.2) is 4.98 Å². The number of nitrogen functional groups attached to an aromatic ring is 1. The van der Waals surface area contributed by atoms with E-state index in [9.17, 15) is 13.2 Å². The van der Waals surface area contributed by atoms with Crippen molar-refractivity contribution in [3.63, 3.8) is 0 Å². The van der Waals surface area contributed by atoms with E-state index < -0.39 is 12.0 Å². The molecule has 2 heterocycles. The van der Waals surface area contributed by atoms with Gasteiger partial charge in [-0.05, 0) is 24.6 Å². The minimum Gasteiger partial charge on any atom is -0.493 e. The van der Waals surface area contributed by atoms with Gasteiger partial charge in [-0.1, -0.05) is 6.07 Å². The second kappa shape index (κ2) is 5.80. The molecule has 2 N–H and O–H groups in total. The number of fused-ring (bicyclic) bond motifs is 1. The summed E-state index contributed by atoms with van der Waals surface area (Å²) in [7, 11) is 2.98. The molecule has 0 fully saturated rings. The van der Waals surface area contributed by atoms with Crippen molar-refractivity contribution in [1.29, 1.82) is 0 Å². The lowest BCUT2D eigenvalue weighted by Gasteiger charge is -2.13. The second-order valence-electron chi connectivity index (χ2n) is 5.17. The number of anilines is 1. The van der Waals surface area contributed by atoms with E-state index in [1.54, 1.807) is 25.1 Å². The van der Waals surface area contributed by atoms with Gasteiger partial charge in [0.15, 0.2) is 11.5 Å². The van der Waals surface area contributed by atoms with Gasteiger partial charge < -0.3 is 15.2 Å². The van der Waals surface area contributed by atoms with E-state index in [4.69, 9.17) is 15.2 Å². The Labute approximate surface area is 140 Å². The fourth-order valence-electron chi connectivity index (χ4n) is 2.50. The van der Waals surface area contributed by atoms with E-state index in [0.717, 1.165) is 4.52 Å². The first kappa shape index (κ1) is 16.8. The lowest BCUT2D eigenvalue weighted by Crippen LogP contribution is -2.09. The van der Waals surface area contributed by atoms with Crippen LogP contribution >= 0.6 is 0 Å². The Morgan fingerprint density at radius 2 is 1.76 bits per heavy atom. The molecular weight excluding hydrogens is 339 g/mol. The first-order valence-corrected chi connectivity index (χ1v) is 7.08. The number of nitrogens with two attached hydrogens (primary N) is 1. The van der Waals surface area contributed by atoms with E-state index >= 15 is 0 Å². The molecule has 0 bridgehead atoms. The van der Waals surface area contributed by atoms with Crippen LogP contribution < -0.4 is 15.2 Å². The molecule has 2 aromatic heterocycles. The highest BCUT2D eigenvalue weighted by Crippen LogP contribution is 2.36. The number of hydrogen-bond acceptors (Lipinski definition) is 6. The van der Waals surface area contributed by atoms with Gasteiger partial charge >= 0.3 is 6.18 Å². The van der Waals surface area contributed by atoms with Gasteiger partial charge in [-0.15, -0.1) is 5.10 Å². The Morgan fingerprint density at radius 1 is 1.08 bits per heavy atom. The minimum atomic E-state index is -4.68. The minimum absolute atomic E-state index is 0.00211. The van der Waals surface area contributed by atoms with Crippen molar-refractivity contribution >= 4 is 11.6 Å². The molecule has 10 heteroatoms. The third kappa shape index (κ3) is 2.79. The van der Waals surface area contributed by atoms with Crippen LogP contribution in [0.4, 0.5) is 19.0 Å². The average molecular weight is 353 g/mol. The van der Waals surface area contributed by atoms with Crippen molar-refractivity contribution in [2.45, 2.75) is 13.1 Å². The fraction of sp³-hybridized carbons (Fsp3) is 0.267. The van der Waals surface area contributed by atoms with E-state index in [1.807, 2.05) is 0 Å². The molecule has 3 rings (SSSR count). The number of aromatic nitrogens is 4. The van der Waals surface area contributed by atoms with Crippen LogP contribution in [0.1, 0.15) is 11.5 Å². The second-order valence-corrected chi connectivity index (χ2v) is 5.17. The molecule has 1 aromatic carbocycles. The molecule has 7 nitrogen and oxygen atoms in total. The molecule has 0 saturated heterocycles. The molecule has 0 aliphatic heterocycles. The number of nitrogens with zero attached hydrogens (tertiary/aromatic N) is 4. The van der Waals surface area contributed by atoms with Crippen LogP contribution in [0.5, 0.6) is 11.5 Å². The van der Waals surface area contributed by atoms with Crippen LogP contribution in [0, 0.1) is 6.92 Å². The Hall–Kier alpha value is -3.04. The number of rotatable bonds is 3. The fourth-order valence-corrected chi connectivity index (χ4v) is 2.50. The topological polar surface area (TPSA) is 87.6 Å². The standard InChI is InChI=1S/C15H14F3N5O2/c1-7-11(8-4-5-9(24-2)10(6-8)25-3)12(19)23-14(20-7)21-13(22-23)15(16,17)18/h4-6H,19H2,1-3H3. The SMILES string of the molecule is COc1ccc(-c2c(C)nc3nc(C(F)(F)F)nn3c2N)cc1OC. The number of ether oxygens (including phenoxy) is 2. The molecular formula is C15H14F3N5O2. The number of methoxy groups -OCH3 is 2. The summed E-state index contributed by atoms with van der Waals surface area (Å²) in [6.45, 7) is 1.63. The van der Waals surface area contributed by atoms with Crippen molar-refractivity contribution < 1.29 is 22.6 Å². The van der Waals surface area contributed by atoms with Crippen molar-refractivity contribution in [3.05, 3.63) is 29.7 Å². The molecule has 3 aromatic rings. The van der Waals surface area contributed by atoms with E-state index in [2.05, 4.69) is 15.1 Å². The van der Waals surface area contributed by atoms with Crippen molar-refractivity contribution in [2.24, 2.45) is 0 Å². The zero-order chi connectivity index (χ0) is 18.4. The zero-order valence-corrected chi connectivity index (χ0v) is 13.5. The Balaban J connectivity index is 2.23. The van der Waals surface area contributed by atoms with Crippen molar-refractivity contribution in [3.8, 4) is 22.6 Å². The Bertz CT molecular complexity index is 952. The number of aryl methyl sites for hydroxylation is 1. The summed E-state index contributed by atoms with van der Waals surface area (Å²) in [5.41, 5.74) is 7.51. The number of benzene rings is 1. The summed E-state index contributed by atoms with van der Waals surface area (Å²) in [5, 5.41) is 3.42. The van der Waals surface area contributed by atoms with Crippen LogP contribution in [0.2, 0.25) is 0 Å². The molecule has 0 unspecified atom stereocenters. The number of halogens is 3. The number of hydrogen-bond donors (Lipinski definition) is 1. The van der Waals surface area contributed by atoms with Gasteiger partial charge in [0, 0.05) is 5.56 Å². The predicted molar refractivity (Wildman–Crippen MR) is 83.5 cm³/mol. The van der Waals surface area contributed by atoms with Gasteiger partial charge in [0.05, 0.1) is 19.9 Å². The normalized spacial score (nSPS) is 11.8. The van der Waals surface area contributed by atoms with Gasteiger partial charge in [0.25, 0.3) is 11.6 Å². The zero-order valence-electron chi connectivity index (χ0n) is 13.5. The first-order valence-electron chi connectivity index (χ1n) is 7.08. The van der Waals surface area contributed by atoms with Crippen molar-refractivity contribution in [2.75, 3.05) is 20.0 Å². The predicted octanol–water partition coefficient (Wildman–Crippen LogP) is 2.72. The smallest absolute Gasteiger partial charge is 0.453 e. The lowest BCUT2D eigenvalue weighted by molar-refractivity contribution is -0.144. The van der Waals surface area contributed by atoms with E-state index in [0.29, 0.717) is 28.3 Å². The molecule has 0 aliphatic rings. The molecule has 0 spiro atoms. The van der Waals surface area contributed by atoms with E-state index in [-0.39, 0.29) is 11.6 Å². The summed E-state index contributed by atoms with van der Waals surface area (Å²) in [5.74, 6) is -0.551. The third-order valence-corrected chi connectivity index (χ3v) is 3.63. The molecule has 0 atom stereocenters. The van der Waals surface area contributed by atoms with Crippen LogP contribution in [0.25, 0.3) is 16.9 Å². The summed E-state index contributed by atoms with van der Waals surface area (Å²) < 4.78 is 49.8. The molecule has 0 amide bonds. The van der Waals surface area contributed by atoms with Crippen LogP contribution in [0.3, 0.4) is 0 Å². The highest BCUT2D eigenvalue weighted by Gasteiger charge is 2.37. The molecule has 0 radical (unpaired) electrons. The van der Waals surface area contributed by atoms with Crippen LogP contribution in [0.15, 0.2) is 18.2 Å². The van der Waals surface area contributed by atoms with Crippen LogP contribution in [-0.2, 0) is 6.18 Å². The molecule has 132 valence electrons. The Morgan fingerprint density at radius 3 is 2.36 bits per heavy atom. The average Bonchev–Trinajstić information content (AvgIpc) is 2.99. The molecule has 25 heavy (non-hydrogen) atoms. The first-order chi connectivity index (χ1) is 11.8. The maximum atomic E-state index is 12.8. The third-order valence-electron chi connectivity index (χ3n) is 3.63. The van der Waals surface area contributed by atoms with Gasteiger partial charge in [-0.3, -0.25) is 0 Å². The maximum absolute atomic E-state index is 12.8. The quantitative estimate of drug-likeness (QED) is 0.779. The van der Waals surface area contributed by atoms with Gasteiger partial charge in [-0.2, -0.15) is 22.7 Å². The molecule has 0 saturated carbocycles. The van der Waals surface area contributed by atoms with Crippen LogP contribution in [-0.4, -0.2) is 33.8 Å². The number of alkyl halides is 3. The van der Waals surface area contributed by atoms with Gasteiger partial charge in [0.1, 0.15) is 5.82 Å². The molecule has 0 aliphatic carbocycles. The summed E-state index contributed by atoms with van der Waals surface area (Å²) in [6.07, 6.45) is -4.68. The summed E-state index contributed by atoms with van der Waals surface area (Å²) in [4.78, 5) is 7.47. The highest BCUT2D eigenvalue weighted by atomic mass is 19.4. The maximum Gasteiger partial charge on any atom is 0.453 e. The Kier molecular flexibility index (Phi) is 3.90. The monoisotopic (exact) mass is 353 g/mol. The highest BCUT2D eigenvalue weighted by molar-refractivity contribution is 5.79. The van der Waals surface area contributed by atoms with Gasteiger partial charge in [0.2, 0.25) is 0 Å². The van der Waals surface area contributed by atoms with Crippen molar-refractivity contribution in [1.82, 2.24) is 19.6 Å². The largest absolute Gasteiger partial charge is 0.493 e. The lowest BCUT2D eigenvalue weighted by atomic mass is 10.0. The summed E-state index contributed by atoms with van der Waals surface area (Å²) in [6, 6.07) is 5.03.